The van der Waals surface area contributed by atoms with Crippen LogP contribution in [-0.2, 0) is 4.79 Å². The molecule has 1 aromatic rings. The molecule has 3 N–H and O–H groups in total. The van der Waals surface area contributed by atoms with Crippen LogP contribution < -0.4 is 11.1 Å². The summed E-state index contributed by atoms with van der Waals surface area (Å²) in [6.07, 6.45) is 4.42. The summed E-state index contributed by atoms with van der Waals surface area (Å²) in [6.45, 7) is 0. The fourth-order valence-electron chi connectivity index (χ4n) is 1.36. The first-order valence-corrected chi connectivity index (χ1v) is 5.58. The van der Waals surface area contributed by atoms with E-state index >= 15 is 0 Å². The van der Waals surface area contributed by atoms with Gasteiger partial charge in [0.1, 0.15) is 0 Å². The van der Waals surface area contributed by atoms with Gasteiger partial charge in [0.15, 0.2) is 5.13 Å². The molecule has 1 heterocycles. The Morgan fingerprint density at radius 3 is 3.14 bits per heavy atom. The van der Waals surface area contributed by atoms with E-state index in [9.17, 15) is 4.79 Å². The van der Waals surface area contributed by atoms with Crippen LogP contribution in [0.3, 0.4) is 0 Å². The highest BCUT2D eigenvalue weighted by molar-refractivity contribution is 7.13. The lowest BCUT2D eigenvalue weighted by Gasteiger charge is -2.08. The van der Waals surface area contributed by atoms with Gasteiger partial charge in [0.25, 0.3) is 0 Å². The number of hydrogen-bond donors (Lipinski definition) is 2. The summed E-state index contributed by atoms with van der Waals surface area (Å²) in [4.78, 5) is 15.4. The average molecular weight is 211 g/mol. The molecule has 1 aliphatic rings. The van der Waals surface area contributed by atoms with Crippen molar-refractivity contribution in [2.45, 2.75) is 25.3 Å². The van der Waals surface area contributed by atoms with E-state index in [-0.39, 0.29) is 11.9 Å². The molecule has 1 unspecified atom stereocenters. The zero-order valence-electron chi connectivity index (χ0n) is 7.77. The number of nitrogens with two attached hydrogens (primary N) is 1. The van der Waals surface area contributed by atoms with E-state index in [1.165, 1.54) is 24.2 Å². The van der Waals surface area contributed by atoms with Gasteiger partial charge in [0.05, 0.1) is 0 Å². The molecule has 4 nitrogen and oxygen atoms in total. The van der Waals surface area contributed by atoms with Crippen molar-refractivity contribution in [3.63, 3.8) is 0 Å². The normalized spacial score (nSPS) is 17.8. The summed E-state index contributed by atoms with van der Waals surface area (Å²) in [6, 6.07) is 0.0231. The molecule has 0 spiro atoms. The molecule has 0 radical (unpaired) electrons. The number of aromatic nitrogens is 1. The number of anilines is 1. The molecule has 0 saturated heterocycles. The Kier molecular flexibility index (Phi) is 2.79. The number of rotatable bonds is 4. The van der Waals surface area contributed by atoms with Crippen molar-refractivity contribution < 1.29 is 4.79 Å². The first-order chi connectivity index (χ1) is 6.75. The molecule has 1 atom stereocenters. The molecule has 1 aromatic heterocycles. The lowest BCUT2D eigenvalue weighted by atomic mass is 10.1. The molecule has 1 saturated carbocycles. The number of thiazole rings is 1. The van der Waals surface area contributed by atoms with Crippen molar-refractivity contribution >= 4 is 22.4 Å². The summed E-state index contributed by atoms with van der Waals surface area (Å²) in [5, 5.41) is 5.20. The Morgan fingerprint density at radius 2 is 2.57 bits per heavy atom. The molecule has 1 amide bonds. The topological polar surface area (TPSA) is 68.0 Å². The van der Waals surface area contributed by atoms with Gasteiger partial charge in [-0.2, -0.15) is 0 Å². The van der Waals surface area contributed by atoms with Crippen molar-refractivity contribution in [3.05, 3.63) is 11.6 Å². The minimum absolute atomic E-state index is 0.0231. The number of amides is 1. The lowest BCUT2D eigenvalue weighted by Crippen LogP contribution is -2.28. The van der Waals surface area contributed by atoms with Gasteiger partial charge in [-0.3, -0.25) is 4.79 Å². The second-order valence-corrected chi connectivity index (χ2v) is 4.49. The summed E-state index contributed by atoms with van der Waals surface area (Å²) in [5.74, 6) is 0.538. The smallest absolute Gasteiger partial charge is 0.227 e. The third kappa shape index (κ3) is 2.52. The number of nitrogens with one attached hydrogen (secondary N) is 1. The second kappa shape index (κ2) is 4.06. The van der Waals surface area contributed by atoms with Gasteiger partial charge in [0.2, 0.25) is 5.91 Å². The summed E-state index contributed by atoms with van der Waals surface area (Å²) in [7, 11) is 0. The van der Waals surface area contributed by atoms with Gasteiger partial charge < -0.3 is 11.1 Å². The molecular weight excluding hydrogens is 198 g/mol. The molecule has 1 aliphatic carbocycles. The minimum Gasteiger partial charge on any atom is -0.327 e. The largest absolute Gasteiger partial charge is 0.327 e. The van der Waals surface area contributed by atoms with Gasteiger partial charge in [-0.1, -0.05) is 0 Å². The first-order valence-electron chi connectivity index (χ1n) is 4.70. The predicted molar refractivity (Wildman–Crippen MR) is 56.1 cm³/mol. The standard InChI is InChI=1S/C9H13N3OS/c10-7(6-1-2-6)5-8(13)12-9-11-3-4-14-9/h3-4,6-7H,1-2,5,10H2,(H,11,12,13). The molecule has 14 heavy (non-hydrogen) atoms. The van der Waals surface area contributed by atoms with Crippen molar-refractivity contribution in [2.75, 3.05) is 5.32 Å². The van der Waals surface area contributed by atoms with Crippen LogP contribution in [0.2, 0.25) is 0 Å². The molecule has 1 fully saturated rings. The van der Waals surface area contributed by atoms with Crippen LogP contribution in [-0.4, -0.2) is 16.9 Å². The molecule has 0 aromatic carbocycles. The Bertz CT molecular complexity index is 308. The van der Waals surface area contributed by atoms with E-state index in [1.807, 2.05) is 5.38 Å². The highest BCUT2D eigenvalue weighted by Crippen LogP contribution is 2.32. The average Bonchev–Trinajstić information content (AvgIpc) is 2.87. The SMILES string of the molecule is NC(CC(=O)Nc1nccs1)C1CC1. The molecular formula is C9H13N3OS. The van der Waals surface area contributed by atoms with Gasteiger partial charge in [-0.25, -0.2) is 4.98 Å². The van der Waals surface area contributed by atoms with Crippen molar-refractivity contribution in [3.8, 4) is 0 Å². The summed E-state index contributed by atoms with van der Waals surface area (Å²) < 4.78 is 0. The maximum absolute atomic E-state index is 11.4. The fourth-order valence-corrected chi connectivity index (χ4v) is 1.91. The van der Waals surface area contributed by atoms with E-state index in [2.05, 4.69) is 10.3 Å². The van der Waals surface area contributed by atoms with Gasteiger partial charge in [-0.05, 0) is 18.8 Å². The first kappa shape index (κ1) is 9.61. The van der Waals surface area contributed by atoms with Crippen molar-refractivity contribution in [2.24, 2.45) is 11.7 Å². The van der Waals surface area contributed by atoms with E-state index in [0.29, 0.717) is 17.5 Å². The Morgan fingerprint density at radius 1 is 1.79 bits per heavy atom. The Labute approximate surface area is 86.5 Å². The number of hydrogen-bond acceptors (Lipinski definition) is 4. The quantitative estimate of drug-likeness (QED) is 0.786. The fraction of sp³-hybridized carbons (Fsp3) is 0.556. The summed E-state index contributed by atoms with van der Waals surface area (Å²) >= 11 is 1.42. The van der Waals surface area contributed by atoms with E-state index < -0.39 is 0 Å². The van der Waals surface area contributed by atoms with Gasteiger partial charge >= 0.3 is 0 Å². The minimum atomic E-state index is -0.0284. The van der Waals surface area contributed by atoms with Gasteiger partial charge in [0, 0.05) is 24.0 Å². The van der Waals surface area contributed by atoms with Crippen LogP contribution in [0.4, 0.5) is 5.13 Å². The zero-order chi connectivity index (χ0) is 9.97. The monoisotopic (exact) mass is 211 g/mol. The number of carbonyl (C=O) groups excluding carboxylic acids is 1. The second-order valence-electron chi connectivity index (χ2n) is 3.59. The van der Waals surface area contributed by atoms with Gasteiger partial charge in [-0.15, -0.1) is 11.3 Å². The zero-order valence-corrected chi connectivity index (χ0v) is 8.59. The maximum atomic E-state index is 11.4. The van der Waals surface area contributed by atoms with Crippen molar-refractivity contribution in [1.82, 2.24) is 4.98 Å². The molecule has 0 aliphatic heterocycles. The predicted octanol–water partition coefficient (Wildman–Crippen LogP) is 1.21. The van der Waals surface area contributed by atoms with E-state index in [4.69, 9.17) is 5.73 Å². The van der Waals surface area contributed by atoms with Crippen LogP contribution in [0.25, 0.3) is 0 Å². The third-order valence-electron chi connectivity index (χ3n) is 2.33. The highest BCUT2D eigenvalue weighted by atomic mass is 32.1. The van der Waals surface area contributed by atoms with Crippen LogP contribution in [0.15, 0.2) is 11.6 Å². The molecule has 5 heteroatoms. The molecule has 76 valence electrons. The number of carbonyl (C=O) groups is 1. The Balaban J connectivity index is 1.78. The van der Waals surface area contributed by atoms with E-state index in [1.54, 1.807) is 6.20 Å². The third-order valence-corrected chi connectivity index (χ3v) is 3.02. The number of nitrogens with zero attached hydrogens (tertiary/aromatic N) is 1. The van der Waals surface area contributed by atoms with Crippen LogP contribution in [0, 0.1) is 5.92 Å². The maximum Gasteiger partial charge on any atom is 0.227 e. The van der Waals surface area contributed by atoms with Crippen LogP contribution in [0.5, 0.6) is 0 Å². The lowest BCUT2D eigenvalue weighted by molar-refractivity contribution is -0.116. The molecule has 0 bridgehead atoms. The Hall–Kier alpha value is -0.940. The van der Waals surface area contributed by atoms with Crippen LogP contribution >= 0.6 is 11.3 Å². The highest BCUT2D eigenvalue weighted by Gasteiger charge is 2.29. The molecule has 2 rings (SSSR count). The van der Waals surface area contributed by atoms with E-state index in [0.717, 1.165) is 0 Å². The summed E-state index contributed by atoms with van der Waals surface area (Å²) in [5.41, 5.74) is 5.83. The van der Waals surface area contributed by atoms with Crippen LogP contribution in [0.1, 0.15) is 19.3 Å². The van der Waals surface area contributed by atoms with Crippen molar-refractivity contribution in [1.29, 1.82) is 0 Å².